The number of alkyl halides is 2. The Hall–Kier alpha value is -0.910. The van der Waals surface area contributed by atoms with E-state index in [4.69, 9.17) is 9.47 Å². The standard InChI is InChI=1S/C13H21F2NO3/c1-12(2,3)19-11(17)16-7-9(10(14)15)18-13(8-16)5-4-6-13/h9-10H,4-8H2,1-3H3. The lowest BCUT2D eigenvalue weighted by Crippen LogP contribution is -2.62. The number of ether oxygens (including phenoxy) is 2. The van der Waals surface area contributed by atoms with Gasteiger partial charge in [0.2, 0.25) is 0 Å². The van der Waals surface area contributed by atoms with E-state index < -0.39 is 29.8 Å². The summed E-state index contributed by atoms with van der Waals surface area (Å²) in [6.45, 7) is 5.53. The number of amides is 1. The van der Waals surface area contributed by atoms with Crippen LogP contribution in [0.2, 0.25) is 0 Å². The van der Waals surface area contributed by atoms with Crippen LogP contribution in [0.3, 0.4) is 0 Å². The molecule has 1 spiro atoms. The average molecular weight is 277 g/mol. The van der Waals surface area contributed by atoms with E-state index in [2.05, 4.69) is 0 Å². The number of halogens is 2. The zero-order valence-corrected chi connectivity index (χ0v) is 11.6. The predicted molar refractivity (Wildman–Crippen MR) is 65.3 cm³/mol. The summed E-state index contributed by atoms with van der Waals surface area (Å²) in [4.78, 5) is 13.4. The highest BCUT2D eigenvalue weighted by Crippen LogP contribution is 2.41. The van der Waals surface area contributed by atoms with Crippen LogP contribution < -0.4 is 0 Å². The summed E-state index contributed by atoms with van der Waals surface area (Å²) in [5.74, 6) is 0. The molecule has 110 valence electrons. The van der Waals surface area contributed by atoms with Gasteiger partial charge in [0.15, 0.2) is 0 Å². The summed E-state index contributed by atoms with van der Waals surface area (Å²) in [7, 11) is 0. The zero-order valence-electron chi connectivity index (χ0n) is 11.6. The van der Waals surface area contributed by atoms with E-state index in [9.17, 15) is 13.6 Å². The van der Waals surface area contributed by atoms with Crippen LogP contribution in [-0.2, 0) is 9.47 Å². The fourth-order valence-corrected chi connectivity index (χ4v) is 2.47. The van der Waals surface area contributed by atoms with Gasteiger partial charge in [0.05, 0.1) is 18.7 Å². The highest BCUT2D eigenvalue weighted by molar-refractivity contribution is 5.68. The van der Waals surface area contributed by atoms with Crippen molar-refractivity contribution in [1.82, 2.24) is 4.90 Å². The molecule has 1 unspecified atom stereocenters. The molecule has 1 aliphatic heterocycles. The molecule has 1 atom stereocenters. The third-order valence-corrected chi connectivity index (χ3v) is 3.48. The van der Waals surface area contributed by atoms with Crippen LogP contribution in [0.25, 0.3) is 0 Å². The van der Waals surface area contributed by atoms with Crippen LogP contribution in [0.15, 0.2) is 0 Å². The number of hydrogen-bond donors (Lipinski definition) is 0. The van der Waals surface area contributed by atoms with Crippen molar-refractivity contribution in [2.45, 2.75) is 63.8 Å². The number of carbonyl (C=O) groups excluding carboxylic acids is 1. The number of hydrogen-bond acceptors (Lipinski definition) is 3. The molecule has 0 aromatic carbocycles. The van der Waals surface area contributed by atoms with Crippen LogP contribution in [0, 0.1) is 0 Å². The second kappa shape index (κ2) is 4.89. The van der Waals surface area contributed by atoms with Crippen molar-refractivity contribution in [1.29, 1.82) is 0 Å². The summed E-state index contributed by atoms with van der Waals surface area (Å²) >= 11 is 0. The molecular weight excluding hydrogens is 256 g/mol. The molecule has 0 N–H and O–H groups in total. The topological polar surface area (TPSA) is 38.8 Å². The third-order valence-electron chi connectivity index (χ3n) is 3.48. The van der Waals surface area contributed by atoms with E-state index in [0.717, 1.165) is 19.3 Å². The lowest BCUT2D eigenvalue weighted by Gasteiger charge is -2.50. The maximum atomic E-state index is 12.9. The molecule has 4 nitrogen and oxygen atoms in total. The van der Waals surface area contributed by atoms with Crippen molar-refractivity contribution in [3.8, 4) is 0 Å². The minimum Gasteiger partial charge on any atom is -0.444 e. The van der Waals surface area contributed by atoms with Gasteiger partial charge in [0.25, 0.3) is 6.43 Å². The maximum Gasteiger partial charge on any atom is 0.410 e. The van der Waals surface area contributed by atoms with Gasteiger partial charge in [-0.1, -0.05) is 0 Å². The first kappa shape index (κ1) is 14.5. The first-order chi connectivity index (χ1) is 8.71. The van der Waals surface area contributed by atoms with Crippen LogP contribution in [0.5, 0.6) is 0 Å². The molecule has 1 saturated heterocycles. The van der Waals surface area contributed by atoms with Crippen LogP contribution in [-0.4, -0.2) is 47.8 Å². The Kier molecular flexibility index (Phi) is 3.73. The summed E-state index contributed by atoms with van der Waals surface area (Å²) in [5, 5.41) is 0. The largest absolute Gasteiger partial charge is 0.444 e. The minimum absolute atomic E-state index is 0.103. The average Bonchev–Trinajstić information content (AvgIpc) is 2.24. The molecule has 1 amide bonds. The molecule has 0 aromatic rings. The van der Waals surface area contributed by atoms with E-state index in [1.807, 2.05) is 0 Å². The maximum absolute atomic E-state index is 12.9. The zero-order chi connectivity index (χ0) is 14.3. The molecular formula is C13H21F2NO3. The first-order valence-corrected chi connectivity index (χ1v) is 6.65. The molecule has 0 aromatic heterocycles. The third kappa shape index (κ3) is 3.35. The van der Waals surface area contributed by atoms with E-state index in [-0.39, 0.29) is 6.54 Å². The lowest BCUT2D eigenvalue weighted by molar-refractivity contribution is -0.217. The van der Waals surface area contributed by atoms with E-state index >= 15 is 0 Å². The normalized spacial score (nSPS) is 26.4. The molecule has 1 aliphatic carbocycles. The van der Waals surface area contributed by atoms with Gasteiger partial charge in [0, 0.05) is 0 Å². The molecule has 19 heavy (non-hydrogen) atoms. The Morgan fingerprint density at radius 2 is 2.05 bits per heavy atom. The van der Waals surface area contributed by atoms with Crippen molar-refractivity contribution >= 4 is 6.09 Å². The Bertz CT molecular complexity index is 350. The molecule has 0 bridgehead atoms. The first-order valence-electron chi connectivity index (χ1n) is 6.65. The van der Waals surface area contributed by atoms with Gasteiger partial charge < -0.3 is 14.4 Å². The Morgan fingerprint density at radius 1 is 1.42 bits per heavy atom. The fraction of sp³-hybridized carbons (Fsp3) is 0.923. The Labute approximate surface area is 112 Å². The second-order valence-electron chi connectivity index (χ2n) is 6.39. The number of morpholine rings is 1. The van der Waals surface area contributed by atoms with Gasteiger partial charge in [-0.05, 0) is 40.0 Å². The van der Waals surface area contributed by atoms with E-state index in [1.54, 1.807) is 20.8 Å². The van der Waals surface area contributed by atoms with Crippen LogP contribution in [0.1, 0.15) is 40.0 Å². The van der Waals surface area contributed by atoms with Crippen LogP contribution >= 0.6 is 0 Å². The molecule has 0 radical (unpaired) electrons. The van der Waals surface area contributed by atoms with Crippen LogP contribution in [0.4, 0.5) is 13.6 Å². The molecule has 2 aliphatic rings. The van der Waals surface area contributed by atoms with Gasteiger partial charge in [-0.3, -0.25) is 0 Å². The Morgan fingerprint density at radius 3 is 2.47 bits per heavy atom. The quantitative estimate of drug-likeness (QED) is 0.739. The van der Waals surface area contributed by atoms with Crippen molar-refractivity contribution in [2.24, 2.45) is 0 Å². The smallest absolute Gasteiger partial charge is 0.410 e. The molecule has 6 heteroatoms. The molecule has 1 heterocycles. The van der Waals surface area contributed by atoms with Gasteiger partial charge in [0.1, 0.15) is 11.7 Å². The monoisotopic (exact) mass is 277 g/mol. The summed E-state index contributed by atoms with van der Waals surface area (Å²) < 4.78 is 36.5. The van der Waals surface area contributed by atoms with Crippen molar-refractivity contribution < 1.29 is 23.0 Å². The molecule has 1 saturated carbocycles. The van der Waals surface area contributed by atoms with Crippen molar-refractivity contribution in [3.05, 3.63) is 0 Å². The summed E-state index contributed by atoms with van der Waals surface area (Å²) in [6.07, 6.45) is -1.90. The van der Waals surface area contributed by atoms with Crippen molar-refractivity contribution in [2.75, 3.05) is 13.1 Å². The van der Waals surface area contributed by atoms with Gasteiger partial charge in [-0.25, -0.2) is 13.6 Å². The fourth-order valence-electron chi connectivity index (χ4n) is 2.47. The van der Waals surface area contributed by atoms with E-state index in [0.29, 0.717) is 6.54 Å². The van der Waals surface area contributed by atoms with Gasteiger partial charge in [-0.15, -0.1) is 0 Å². The predicted octanol–water partition coefficient (Wildman–Crippen LogP) is 2.81. The van der Waals surface area contributed by atoms with Gasteiger partial charge >= 0.3 is 6.09 Å². The van der Waals surface area contributed by atoms with E-state index in [1.165, 1.54) is 4.90 Å². The summed E-state index contributed by atoms with van der Waals surface area (Å²) in [6, 6.07) is 0. The minimum atomic E-state index is -2.58. The second-order valence-corrected chi connectivity index (χ2v) is 6.39. The van der Waals surface area contributed by atoms with Crippen molar-refractivity contribution in [3.63, 3.8) is 0 Å². The molecule has 2 rings (SSSR count). The number of nitrogens with zero attached hydrogens (tertiary/aromatic N) is 1. The number of rotatable bonds is 1. The SMILES string of the molecule is CC(C)(C)OC(=O)N1CC(C(F)F)OC2(CCC2)C1. The highest BCUT2D eigenvalue weighted by Gasteiger charge is 2.49. The lowest BCUT2D eigenvalue weighted by atomic mass is 9.78. The summed E-state index contributed by atoms with van der Waals surface area (Å²) in [5.41, 5.74) is -1.20. The molecule has 2 fully saturated rings. The van der Waals surface area contributed by atoms with Gasteiger partial charge in [-0.2, -0.15) is 0 Å². The number of carbonyl (C=O) groups is 1. The highest BCUT2D eigenvalue weighted by atomic mass is 19.3. The Balaban J connectivity index is 2.05.